The van der Waals surface area contributed by atoms with E-state index >= 15 is 0 Å². The van der Waals surface area contributed by atoms with Crippen molar-refractivity contribution in [1.82, 2.24) is 4.90 Å². The van der Waals surface area contributed by atoms with Crippen LogP contribution in [0.1, 0.15) is 119 Å². The number of fused-ring (bicyclic) bond motifs is 8. The topological polar surface area (TPSA) is 155 Å². The van der Waals surface area contributed by atoms with E-state index < -0.39 is 0 Å². The summed E-state index contributed by atoms with van der Waals surface area (Å²) in [5, 5.41) is 2.85. The summed E-state index contributed by atoms with van der Waals surface area (Å²) in [6.45, 7) is 7.48. The first kappa shape index (κ1) is 55.9. The zero-order valence-corrected chi connectivity index (χ0v) is 48.3. The first-order valence-electron chi connectivity index (χ1n) is 27.3. The summed E-state index contributed by atoms with van der Waals surface area (Å²) in [6.07, 6.45) is 8.12. The van der Waals surface area contributed by atoms with E-state index in [1.165, 1.54) is 27.8 Å². The number of ketones is 1. The number of likely N-dealkylation sites (tertiary alicyclic amines) is 1. The Morgan fingerprint density at radius 2 is 1.38 bits per heavy atom. The average Bonchev–Trinajstić information content (AvgIpc) is 4.29. The van der Waals surface area contributed by atoms with E-state index in [0.717, 1.165) is 70.8 Å². The number of aryl methyl sites for hydroxylation is 2. The number of methoxy groups -OCH3 is 1. The van der Waals surface area contributed by atoms with Crippen molar-refractivity contribution in [3.8, 4) is 17.2 Å². The molecule has 14 nitrogen and oxygen atoms in total. The van der Waals surface area contributed by atoms with Crippen molar-refractivity contribution < 1.29 is 43.0 Å². The van der Waals surface area contributed by atoms with Crippen molar-refractivity contribution in [2.45, 2.75) is 127 Å². The number of Topliss-reactive ketones (excluding diaryl/α,β-unsaturated/α-hetero) is 1. The number of amides is 5. The third kappa shape index (κ3) is 12.3. The number of rotatable bonds is 22. The number of thioether (sulfide) groups is 1. The summed E-state index contributed by atoms with van der Waals surface area (Å²) in [5.41, 5.74) is 10.3. The van der Waals surface area contributed by atoms with E-state index in [0.29, 0.717) is 79.3 Å². The Hall–Kier alpha value is -6.43. The third-order valence-electron chi connectivity index (χ3n) is 15.7. The molecular formula is C62H69N5O9S3. The van der Waals surface area contributed by atoms with Gasteiger partial charge in [0.05, 0.1) is 29.7 Å². The van der Waals surface area contributed by atoms with Gasteiger partial charge >= 0.3 is 0 Å². The van der Waals surface area contributed by atoms with Crippen LogP contribution >= 0.6 is 33.3 Å². The highest BCUT2D eigenvalue weighted by Gasteiger charge is 2.41. The highest BCUT2D eigenvalue weighted by atomic mass is 33.1. The number of anilines is 4. The first-order valence-corrected chi connectivity index (χ1v) is 31.0. The summed E-state index contributed by atoms with van der Waals surface area (Å²) in [6, 6.07) is 29.8. The fourth-order valence-corrected chi connectivity index (χ4v) is 14.9. The number of likely N-dealkylation sites (N-methyl/N-ethyl adjacent to an activating group) is 1. The molecule has 17 heteroatoms. The third-order valence-corrected chi connectivity index (χ3v) is 20.1. The van der Waals surface area contributed by atoms with Crippen molar-refractivity contribution in [2.24, 2.45) is 0 Å². The SMILES string of the molecule is COc1cc2c(cc1OCc1cc(COc3cc4c(cc3C)C(=O)N3c5ccccc5C[C@H]3CN4C)cc(NC(=O)CCC(C)(C)SSCCCC(=O)CCCN3C(=O)CC(SC)C3=O)c1)CC[C@@H]1Cc3ccccc3N1C2=O. The monoisotopic (exact) mass is 1120 g/mol. The van der Waals surface area contributed by atoms with Gasteiger partial charge in [-0.2, -0.15) is 11.8 Å². The smallest absolute Gasteiger partial charge is 0.260 e. The molecular weight excluding hydrogens is 1050 g/mol. The Bertz CT molecular complexity index is 3200. The minimum atomic E-state index is -0.309. The molecule has 0 aromatic heterocycles. The molecule has 5 aromatic rings. The van der Waals surface area contributed by atoms with Crippen LogP contribution in [0.2, 0.25) is 0 Å². The molecule has 1 N–H and O–H groups in total. The van der Waals surface area contributed by atoms with Gasteiger partial charge in [0.1, 0.15) is 24.7 Å². The predicted octanol–water partition coefficient (Wildman–Crippen LogP) is 11.2. The summed E-state index contributed by atoms with van der Waals surface area (Å²) in [4.78, 5) is 86.9. The highest BCUT2D eigenvalue weighted by molar-refractivity contribution is 8.77. The normalized spacial score (nSPS) is 18.3. The molecule has 1 unspecified atom stereocenters. The van der Waals surface area contributed by atoms with Gasteiger partial charge in [0, 0.05) is 91.1 Å². The molecule has 0 saturated carbocycles. The summed E-state index contributed by atoms with van der Waals surface area (Å²) >= 11 is 1.39. The zero-order valence-electron chi connectivity index (χ0n) is 45.9. The van der Waals surface area contributed by atoms with E-state index in [2.05, 4.69) is 36.2 Å². The highest BCUT2D eigenvalue weighted by Crippen LogP contribution is 2.43. The van der Waals surface area contributed by atoms with Crippen molar-refractivity contribution in [3.63, 3.8) is 0 Å². The molecule has 1 fully saturated rings. The number of hydrogen-bond acceptors (Lipinski definition) is 13. The minimum absolute atomic E-state index is 0.0169. The number of para-hydroxylation sites is 2. The molecule has 0 spiro atoms. The number of nitrogens with zero attached hydrogens (tertiary/aromatic N) is 4. The van der Waals surface area contributed by atoms with E-state index in [9.17, 15) is 28.8 Å². The molecule has 0 radical (unpaired) electrons. The van der Waals surface area contributed by atoms with Crippen LogP contribution in [0.15, 0.2) is 91.0 Å². The zero-order chi connectivity index (χ0) is 55.5. The van der Waals surface area contributed by atoms with Gasteiger partial charge < -0.3 is 34.2 Å². The van der Waals surface area contributed by atoms with Gasteiger partial charge in [-0.15, -0.1) is 0 Å². The van der Waals surface area contributed by atoms with Gasteiger partial charge in [0.15, 0.2) is 11.5 Å². The molecule has 3 atom stereocenters. The summed E-state index contributed by atoms with van der Waals surface area (Å²) in [5.74, 6) is 2.05. The molecule has 1 saturated heterocycles. The van der Waals surface area contributed by atoms with Crippen molar-refractivity contribution >= 4 is 91.4 Å². The molecule has 414 valence electrons. The minimum Gasteiger partial charge on any atom is -0.493 e. The molecule has 5 aliphatic rings. The quantitative estimate of drug-likeness (QED) is 0.0397. The summed E-state index contributed by atoms with van der Waals surface area (Å²) < 4.78 is 18.8. The van der Waals surface area contributed by atoms with Gasteiger partial charge in [0.25, 0.3) is 11.8 Å². The molecule has 79 heavy (non-hydrogen) atoms. The number of ether oxygens (including phenoxy) is 3. The number of carbonyl (C=O) groups is 6. The second kappa shape index (κ2) is 24.1. The Balaban J connectivity index is 0.796. The number of carbonyl (C=O) groups excluding carboxylic acids is 6. The Labute approximate surface area is 475 Å². The van der Waals surface area contributed by atoms with Gasteiger partial charge in [0.2, 0.25) is 17.7 Å². The molecule has 0 bridgehead atoms. The van der Waals surface area contributed by atoms with Crippen LogP contribution in [0, 0.1) is 6.92 Å². The lowest BCUT2D eigenvalue weighted by Crippen LogP contribution is -2.41. The Kier molecular flexibility index (Phi) is 17.1. The molecule has 5 aliphatic heterocycles. The number of imide groups is 1. The van der Waals surface area contributed by atoms with Crippen LogP contribution in [0.4, 0.5) is 22.7 Å². The van der Waals surface area contributed by atoms with Crippen LogP contribution in [0.25, 0.3) is 0 Å². The second-order valence-electron chi connectivity index (χ2n) is 21.9. The van der Waals surface area contributed by atoms with Crippen LogP contribution in [0.3, 0.4) is 0 Å². The van der Waals surface area contributed by atoms with Gasteiger partial charge in [-0.3, -0.25) is 33.7 Å². The first-order chi connectivity index (χ1) is 38.1. The van der Waals surface area contributed by atoms with Gasteiger partial charge in [-0.25, -0.2) is 0 Å². The van der Waals surface area contributed by atoms with E-state index in [4.69, 9.17) is 14.2 Å². The molecule has 10 rings (SSSR count). The molecule has 0 aliphatic carbocycles. The molecule has 5 aromatic carbocycles. The average molecular weight is 1120 g/mol. The fourth-order valence-electron chi connectivity index (χ4n) is 11.6. The Morgan fingerprint density at radius 3 is 2.08 bits per heavy atom. The van der Waals surface area contributed by atoms with Crippen molar-refractivity contribution in [3.05, 3.63) is 136 Å². The molecule has 5 heterocycles. The van der Waals surface area contributed by atoms with Crippen LogP contribution < -0.4 is 34.2 Å². The van der Waals surface area contributed by atoms with E-state index in [1.807, 2.05) is 103 Å². The maximum atomic E-state index is 14.3. The standard InChI is InChI=1S/C62H69N5O9S3/c1-38-25-49-52(64(4)35-46-30-43-14-8-10-18-51(43)67(46)60(49)72)33-53(38)75-36-39-26-40(37-76-55-31-41-19-20-45-29-42-13-7-9-17-50(42)66(45)59(71)48(41)32-54(55)74-5)28-44(27-39)63-57(69)21-22-62(2,3)79-78-24-12-16-47(68)15-11-23-65-58(70)34-56(77-6)61(65)73/h7-10,13-14,17-18,25-28,31-33,45-46,56H,11-12,15-16,19-24,29-30,34-37H2,1-6H3,(H,63,69)/t45-,46+,56?/m1/s1. The van der Waals surface area contributed by atoms with Crippen molar-refractivity contribution in [2.75, 3.05) is 59.3 Å². The van der Waals surface area contributed by atoms with E-state index in [1.54, 1.807) is 34.8 Å². The lowest BCUT2D eigenvalue weighted by Gasteiger charge is -2.25. The maximum Gasteiger partial charge on any atom is 0.260 e. The van der Waals surface area contributed by atoms with E-state index in [-0.39, 0.29) is 83.5 Å². The van der Waals surface area contributed by atoms with Crippen LogP contribution in [-0.4, -0.2) is 102 Å². The van der Waals surface area contributed by atoms with Gasteiger partial charge in [-0.1, -0.05) is 58.0 Å². The maximum absolute atomic E-state index is 14.3. The lowest BCUT2D eigenvalue weighted by molar-refractivity contribution is -0.138. The fraction of sp³-hybridized carbons (Fsp3) is 0.419. The Morgan fingerprint density at radius 1 is 0.722 bits per heavy atom. The number of nitrogens with one attached hydrogen (secondary N) is 1. The van der Waals surface area contributed by atoms with Crippen LogP contribution in [0.5, 0.6) is 17.2 Å². The lowest BCUT2D eigenvalue weighted by atomic mass is 9.99. The predicted molar refractivity (Wildman–Crippen MR) is 316 cm³/mol. The molecule has 5 amide bonds. The largest absolute Gasteiger partial charge is 0.493 e. The number of hydrogen-bond donors (Lipinski definition) is 1. The van der Waals surface area contributed by atoms with Gasteiger partial charge in [-0.05, 0) is 154 Å². The van der Waals surface area contributed by atoms with Crippen LogP contribution in [-0.2, 0) is 51.7 Å². The second-order valence-corrected chi connectivity index (χ2v) is 26.1. The van der Waals surface area contributed by atoms with Crippen molar-refractivity contribution in [1.29, 1.82) is 0 Å². The summed E-state index contributed by atoms with van der Waals surface area (Å²) in [7, 11) is 7.01. The number of benzene rings is 5.